The van der Waals surface area contributed by atoms with Gasteiger partial charge in [-0.1, -0.05) is 19.9 Å². The van der Waals surface area contributed by atoms with E-state index in [0.29, 0.717) is 18.1 Å². The molecule has 3 nitrogen and oxygen atoms in total. The molecule has 118 valence electrons. The highest BCUT2D eigenvalue weighted by Gasteiger charge is 2.30. The lowest BCUT2D eigenvalue weighted by molar-refractivity contribution is 0.0847. The molecule has 21 heavy (non-hydrogen) atoms. The number of methoxy groups -OCH3 is 1. The molecule has 0 spiro atoms. The first-order valence-electron chi connectivity index (χ1n) is 8.24. The van der Waals surface area contributed by atoms with Gasteiger partial charge < -0.3 is 10.1 Å². The lowest BCUT2D eigenvalue weighted by Crippen LogP contribution is -2.56. The molecule has 0 saturated carbocycles. The molecular formula is C18H30N2O. The van der Waals surface area contributed by atoms with Crippen molar-refractivity contribution in [3.63, 3.8) is 0 Å². The summed E-state index contributed by atoms with van der Waals surface area (Å²) in [6.45, 7) is 11.3. The van der Waals surface area contributed by atoms with E-state index in [1.165, 1.54) is 24.0 Å². The van der Waals surface area contributed by atoms with E-state index in [9.17, 15) is 0 Å². The minimum absolute atomic E-state index is 0.456. The summed E-state index contributed by atoms with van der Waals surface area (Å²) in [4.78, 5) is 2.68. The van der Waals surface area contributed by atoms with E-state index >= 15 is 0 Å². The predicted octanol–water partition coefficient (Wildman–Crippen LogP) is 3.53. The molecule has 0 bridgehead atoms. The number of ether oxygens (including phenoxy) is 1. The van der Waals surface area contributed by atoms with Gasteiger partial charge in [0.2, 0.25) is 0 Å². The molecule has 1 aliphatic rings. The number of hydrogen-bond acceptors (Lipinski definition) is 3. The quantitative estimate of drug-likeness (QED) is 0.898. The first-order chi connectivity index (χ1) is 10.1. The van der Waals surface area contributed by atoms with Crippen LogP contribution in [0.15, 0.2) is 18.2 Å². The average molecular weight is 290 g/mol. The summed E-state index contributed by atoms with van der Waals surface area (Å²) in [5, 5.41) is 3.68. The van der Waals surface area contributed by atoms with Crippen LogP contribution in [-0.2, 0) is 0 Å². The van der Waals surface area contributed by atoms with E-state index < -0.39 is 0 Å². The van der Waals surface area contributed by atoms with Crippen LogP contribution < -0.4 is 10.1 Å². The van der Waals surface area contributed by atoms with Gasteiger partial charge in [-0.2, -0.15) is 0 Å². The minimum Gasteiger partial charge on any atom is -0.497 e. The van der Waals surface area contributed by atoms with E-state index in [2.05, 4.69) is 56.1 Å². The maximum absolute atomic E-state index is 5.33. The fraction of sp³-hybridized carbons (Fsp3) is 0.667. The highest BCUT2D eigenvalue weighted by atomic mass is 16.5. The Morgan fingerprint density at radius 2 is 2.10 bits per heavy atom. The van der Waals surface area contributed by atoms with Crippen molar-refractivity contribution in [2.75, 3.05) is 20.2 Å². The fourth-order valence-corrected chi connectivity index (χ4v) is 3.44. The fourth-order valence-electron chi connectivity index (χ4n) is 3.44. The molecule has 1 aliphatic heterocycles. The monoisotopic (exact) mass is 290 g/mol. The van der Waals surface area contributed by atoms with Crippen molar-refractivity contribution < 1.29 is 4.74 Å². The number of piperazine rings is 1. The molecule has 1 saturated heterocycles. The Bertz CT molecular complexity index is 461. The molecule has 3 atom stereocenters. The van der Waals surface area contributed by atoms with Crippen molar-refractivity contribution in [1.29, 1.82) is 0 Å². The van der Waals surface area contributed by atoms with Crippen LogP contribution in [0.25, 0.3) is 0 Å². The van der Waals surface area contributed by atoms with Crippen LogP contribution in [0.3, 0.4) is 0 Å². The van der Waals surface area contributed by atoms with Crippen molar-refractivity contribution in [2.45, 2.75) is 58.7 Å². The van der Waals surface area contributed by atoms with Gasteiger partial charge in [-0.15, -0.1) is 0 Å². The Morgan fingerprint density at radius 1 is 1.33 bits per heavy atom. The average Bonchev–Trinajstić information content (AvgIpc) is 2.53. The summed E-state index contributed by atoms with van der Waals surface area (Å²) in [5.41, 5.74) is 2.74. The second-order valence-corrected chi connectivity index (χ2v) is 6.17. The zero-order chi connectivity index (χ0) is 15.4. The Balaban J connectivity index is 2.21. The summed E-state index contributed by atoms with van der Waals surface area (Å²) in [5.74, 6) is 0.947. The van der Waals surface area contributed by atoms with Gasteiger partial charge in [-0.05, 0) is 49.9 Å². The first kappa shape index (κ1) is 16.3. The SMILES string of the molecule is CC[C@H]1CN(C(C)c2ccc(OC)cc2C)[C@H](CC)CN1. The smallest absolute Gasteiger partial charge is 0.119 e. The van der Waals surface area contributed by atoms with Crippen molar-refractivity contribution in [3.8, 4) is 5.75 Å². The van der Waals surface area contributed by atoms with E-state index in [0.717, 1.165) is 18.8 Å². The molecule has 3 heteroatoms. The third-order valence-corrected chi connectivity index (χ3v) is 4.93. The van der Waals surface area contributed by atoms with Crippen LogP contribution in [0.5, 0.6) is 5.75 Å². The van der Waals surface area contributed by atoms with Crippen LogP contribution in [0.1, 0.15) is 50.8 Å². The molecule has 2 rings (SSSR count). The van der Waals surface area contributed by atoms with Crippen molar-refractivity contribution in [3.05, 3.63) is 29.3 Å². The zero-order valence-electron chi connectivity index (χ0n) is 14.1. The molecule has 1 unspecified atom stereocenters. The van der Waals surface area contributed by atoms with E-state index in [1.807, 2.05) is 0 Å². The topological polar surface area (TPSA) is 24.5 Å². The highest BCUT2D eigenvalue weighted by Crippen LogP contribution is 2.30. The Hall–Kier alpha value is -1.06. The lowest BCUT2D eigenvalue weighted by atomic mass is 9.96. The zero-order valence-corrected chi connectivity index (χ0v) is 14.1. The Labute approximate surface area is 129 Å². The molecule has 1 aromatic carbocycles. The molecule has 0 aromatic heterocycles. The van der Waals surface area contributed by atoms with E-state index in [-0.39, 0.29) is 0 Å². The number of aryl methyl sites for hydroxylation is 1. The Kier molecular flexibility index (Phi) is 5.65. The molecule has 1 aromatic rings. The summed E-state index contributed by atoms with van der Waals surface area (Å²) in [6.07, 6.45) is 2.39. The first-order valence-corrected chi connectivity index (χ1v) is 8.24. The van der Waals surface area contributed by atoms with Gasteiger partial charge in [0.25, 0.3) is 0 Å². The number of hydrogen-bond donors (Lipinski definition) is 1. The summed E-state index contributed by atoms with van der Waals surface area (Å²) in [7, 11) is 1.73. The Morgan fingerprint density at radius 3 is 2.67 bits per heavy atom. The molecular weight excluding hydrogens is 260 g/mol. The van der Waals surface area contributed by atoms with Crippen LogP contribution >= 0.6 is 0 Å². The van der Waals surface area contributed by atoms with Crippen molar-refractivity contribution in [2.24, 2.45) is 0 Å². The molecule has 1 N–H and O–H groups in total. The third kappa shape index (κ3) is 3.58. The minimum atomic E-state index is 0.456. The second kappa shape index (κ2) is 7.28. The third-order valence-electron chi connectivity index (χ3n) is 4.93. The van der Waals surface area contributed by atoms with Gasteiger partial charge in [-0.3, -0.25) is 4.90 Å². The van der Waals surface area contributed by atoms with Gasteiger partial charge in [-0.25, -0.2) is 0 Å². The number of benzene rings is 1. The molecule has 1 heterocycles. The van der Waals surface area contributed by atoms with Gasteiger partial charge in [0, 0.05) is 31.2 Å². The van der Waals surface area contributed by atoms with Crippen molar-refractivity contribution >= 4 is 0 Å². The molecule has 0 amide bonds. The maximum atomic E-state index is 5.33. The van der Waals surface area contributed by atoms with Crippen LogP contribution in [0.2, 0.25) is 0 Å². The van der Waals surface area contributed by atoms with E-state index in [4.69, 9.17) is 4.74 Å². The van der Waals surface area contributed by atoms with Crippen LogP contribution in [0, 0.1) is 6.92 Å². The number of nitrogens with zero attached hydrogens (tertiary/aromatic N) is 1. The summed E-state index contributed by atoms with van der Waals surface area (Å²) >= 11 is 0. The molecule has 1 fully saturated rings. The lowest BCUT2D eigenvalue weighted by Gasteiger charge is -2.44. The molecule has 0 aliphatic carbocycles. The van der Waals surface area contributed by atoms with Crippen molar-refractivity contribution in [1.82, 2.24) is 10.2 Å². The summed E-state index contributed by atoms with van der Waals surface area (Å²) in [6, 6.07) is 8.16. The van der Waals surface area contributed by atoms with Gasteiger partial charge in [0.05, 0.1) is 7.11 Å². The second-order valence-electron chi connectivity index (χ2n) is 6.17. The summed E-state index contributed by atoms with van der Waals surface area (Å²) < 4.78 is 5.33. The van der Waals surface area contributed by atoms with Crippen LogP contribution in [-0.4, -0.2) is 37.2 Å². The largest absolute Gasteiger partial charge is 0.497 e. The maximum Gasteiger partial charge on any atom is 0.119 e. The van der Waals surface area contributed by atoms with E-state index in [1.54, 1.807) is 7.11 Å². The number of rotatable bonds is 5. The van der Waals surface area contributed by atoms with Gasteiger partial charge >= 0.3 is 0 Å². The highest BCUT2D eigenvalue weighted by molar-refractivity contribution is 5.36. The molecule has 0 radical (unpaired) electrons. The standard InChI is InChI=1S/C18H30N2O/c1-6-15-12-20(16(7-2)11-19-15)14(4)18-9-8-17(21-5)10-13(18)3/h8-10,14-16,19H,6-7,11-12H2,1-5H3/t14?,15-,16+/m0/s1. The predicted molar refractivity (Wildman–Crippen MR) is 89.0 cm³/mol. The van der Waals surface area contributed by atoms with Crippen LogP contribution in [0.4, 0.5) is 0 Å². The van der Waals surface area contributed by atoms with Gasteiger partial charge in [0.15, 0.2) is 0 Å². The normalized spacial score (nSPS) is 24.8. The van der Waals surface area contributed by atoms with Gasteiger partial charge in [0.1, 0.15) is 5.75 Å². The number of nitrogens with one attached hydrogen (secondary N) is 1.